The van der Waals surface area contributed by atoms with Crippen molar-refractivity contribution in [2.45, 2.75) is 32.1 Å². The van der Waals surface area contributed by atoms with E-state index >= 15 is 0 Å². The largest absolute Gasteiger partial charge is 0.385 e. The Kier molecular flexibility index (Phi) is 4.87. The second-order valence-electron chi connectivity index (χ2n) is 6.94. The Hall–Kier alpha value is -1.92. The van der Waals surface area contributed by atoms with Crippen molar-refractivity contribution in [3.63, 3.8) is 0 Å². The number of hydrogen-bond acceptors (Lipinski definition) is 4. The number of methoxy groups -OCH3 is 1. The predicted molar refractivity (Wildman–Crippen MR) is 87.8 cm³/mol. The minimum absolute atomic E-state index is 0.0257. The quantitative estimate of drug-likeness (QED) is 0.487. The second kappa shape index (κ2) is 6.91. The molecule has 1 saturated heterocycles. The van der Waals surface area contributed by atoms with Crippen LogP contribution >= 0.6 is 0 Å². The summed E-state index contributed by atoms with van der Waals surface area (Å²) in [4.78, 5) is 25.8. The van der Waals surface area contributed by atoms with Crippen LogP contribution in [-0.2, 0) is 22.4 Å². The summed E-state index contributed by atoms with van der Waals surface area (Å²) in [5.41, 5.74) is 4.52. The first kappa shape index (κ1) is 16.9. The number of benzene rings is 1. The first-order valence-electron chi connectivity index (χ1n) is 8.40. The van der Waals surface area contributed by atoms with E-state index in [1.54, 1.807) is 18.7 Å². The molecule has 1 aliphatic heterocycles. The molecule has 2 N–H and O–H groups in total. The zero-order valence-corrected chi connectivity index (χ0v) is 14.0. The van der Waals surface area contributed by atoms with Crippen LogP contribution in [0, 0.1) is 5.41 Å². The Balaban J connectivity index is 1.71. The Morgan fingerprint density at radius 3 is 2.96 bits per heavy atom. The standard InChI is InChI=1S/C18H24N2O4/c1-24-8-2-7-20-12-18(11-16(20)21)6-5-13-9-14(17(22)19-23)3-4-15(13)10-18/h3-4,9,23H,2,5-8,10-12H2,1H3,(H,19,22)/t18-/m1/s1. The summed E-state index contributed by atoms with van der Waals surface area (Å²) in [6.07, 6.45) is 4.17. The average molecular weight is 332 g/mol. The van der Waals surface area contributed by atoms with Crippen molar-refractivity contribution < 1.29 is 19.5 Å². The summed E-state index contributed by atoms with van der Waals surface area (Å²) in [5, 5.41) is 8.76. The van der Waals surface area contributed by atoms with Crippen molar-refractivity contribution in [1.29, 1.82) is 0 Å². The van der Waals surface area contributed by atoms with Gasteiger partial charge in [0, 0.05) is 44.2 Å². The fraction of sp³-hybridized carbons (Fsp3) is 0.556. The van der Waals surface area contributed by atoms with Crippen molar-refractivity contribution in [2.75, 3.05) is 26.8 Å². The van der Waals surface area contributed by atoms with Crippen molar-refractivity contribution in [1.82, 2.24) is 10.4 Å². The SMILES string of the molecule is COCCCN1C[C@@]2(CCc3cc(C(=O)NO)ccc3C2)CC1=O. The van der Waals surface area contributed by atoms with Gasteiger partial charge in [0.05, 0.1) is 0 Å². The highest BCUT2D eigenvalue weighted by Gasteiger charge is 2.44. The van der Waals surface area contributed by atoms with Crippen LogP contribution in [0.15, 0.2) is 18.2 Å². The maximum absolute atomic E-state index is 12.3. The van der Waals surface area contributed by atoms with Crippen LogP contribution in [-0.4, -0.2) is 48.7 Å². The van der Waals surface area contributed by atoms with E-state index in [9.17, 15) is 9.59 Å². The molecule has 6 nitrogen and oxygen atoms in total. The normalized spacial score (nSPS) is 22.8. The number of amides is 2. The van der Waals surface area contributed by atoms with Gasteiger partial charge >= 0.3 is 0 Å². The monoisotopic (exact) mass is 332 g/mol. The molecule has 2 amide bonds. The molecule has 1 spiro atoms. The van der Waals surface area contributed by atoms with Gasteiger partial charge in [-0.3, -0.25) is 14.8 Å². The van der Waals surface area contributed by atoms with Gasteiger partial charge in [-0.1, -0.05) is 6.07 Å². The van der Waals surface area contributed by atoms with Crippen molar-refractivity contribution in [3.8, 4) is 0 Å². The number of ether oxygens (including phenoxy) is 1. The summed E-state index contributed by atoms with van der Waals surface area (Å²) in [7, 11) is 1.68. The fourth-order valence-electron chi connectivity index (χ4n) is 4.00. The number of nitrogens with zero attached hydrogens (tertiary/aromatic N) is 1. The van der Waals surface area contributed by atoms with Crippen molar-refractivity contribution >= 4 is 11.8 Å². The van der Waals surface area contributed by atoms with Crippen LogP contribution < -0.4 is 5.48 Å². The third-order valence-electron chi connectivity index (χ3n) is 5.24. The summed E-state index contributed by atoms with van der Waals surface area (Å²) in [6, 6.07) is 5.54. The lowest BCUT2D eigenvalue weighted by Gasteiger charge is -2.34. The van der Waals surface area contributed by atoms with Crippen molar-refractivity contribution in [2.24, 2.45) is 5.41 Å². The molecule has 1 fully saturated rings. The van der Waals surface area contributed by atoms with Crippen LogP contribution in [0.1, 0.15) is 40.7 Å². The van der Waals surface area contributed by atoms with E-state index < -0.39 is 5.91 Å². The minimum atomic E-state index is -0.488. The smallest absolute Gasteiger partial charge is 0.274 e. The maximum Gasteiger partial charge on any atom is 0.274 e. The molecule has 0 radical (unpaired) electrons. The Labute approximate surface area is 141 Å². The van der Waals surface area contributed by atoms with Gasteiger partial charge in [-0.2, -0.15) is 0 Å². The number of rotatable bonds is 5. The van der Waals surface area contributed by atoms with Crippen LogP contribution in [0.5, 0.6) is 0 Å². The van der Waals surface area contributed by atoms with Crippen LogP contribution in [0.2, 0.25) is 0 Å². The van der Waals surface area contributed by atoms with Gasteiger partial charge in [-0.25, -0.2) is 5.48 Å². The van der Waals surface area contributed by atoms with E-state index in [2.05, 4.69) is 0 Å². The van der Waals surface area contributed by atoms with Crippen molar-refractivity contribution in [3.05, 3.63) is 34.9 Å². The Bertz CT molecular complexity index is 646. The molecule has 1 atom stereocenters. The van der Waals surface area contributed by atoms with E-state index in [-0.39, 0.29) is 11.3 Å². The maximum atomic E-state index is 12.3. The zero-order chi connectivity index (χ0) is 17.2. The lowest BCUT2D eigenvalue weighted by Crippen LogP contribution is -2.34. The summed E-state index contributed by atoms with van der Waals surface area (Å²) < 4.78 is 5.07. The van der Waals surface area contributed by atoms with E-state index in [0.29, 0.717) is 18.6 Å². The first-order valence-corrected chi connectivity index (χ1v) is 8.40. The van der Waals surface area contributed by atoms with Crippen LogP contribution in [0.25, 0.3) is 0 Å². The molecule has 0 saturated carbocycles. The molecule has 1 aliphatic carbocycles. The predicted octanol–water partition coefficient (Wildman–Crippen LogP) is 1.55. The van der Waals surface area contributed by atoms with Gasteiger partial charge in [0.2, 0.25) is 5.91 Å². The van der Waals surface area contributed by atoms with Crippen LogP contribution in [0.4, 0.5) is 0 Å². The number of nitrogens with one attached hydrogen (secondary N) is 1. The molecule has 6 heteroatoms. The molecule has 0 unspecified atom stereocenters. The molecule has 0 bridgehead atoms. The molecular weight excluding hydrogens is 308 g/mol. The number of aryl methyl sites for hydroxylation is 1. The third kappa shape index (κ3) is 3.30. The lowest BCUT2D eigenvalue weighted by atomic mass is 9.70. The van der Waals surface area contributed by atoms with E-state index in [4.69, 9.17) is 9.94 Å². The van der Waals surface area contributed by atoms with Gasteiger partial charge in [0.15, 0.2) is 0 Å². The number of hydroxylamine groups is 1. The first-order chi connectivity index (χ1) is 11.6. The van der Waals surface area contributed by atoms with Gasteiger partial charge < -0.3 is 9.64 Å². The van der Waals surface area contributed by atoms with Gasteiger partial charge in [-0.05, 0) is 48.9 Å². The third-order valence-corrected chi connectivity index (χ3v) is 5.24. The Morgan fingerprint density at radius 2 is 2.21 bits per heavy atom. The highest BCUT2D eigenvalue weighted by Crippen LogP contribution is 2.43. The fourth-order valence-corrected chi connectivity index (χ4v) is 4.00. The Morgan fingerprint density at radius 1 is 1.38 bits per heavy atom. The highest BCUT2D eigenvalue weighted by atomic mass is 16.5. The topological polar surface area (TPSA) is 78.9 Å². The molecule has 3 rings (SSSR count). The zero-order valence-electron chi connectivity index (χ0n) is 14.0. The number of hydrogen-bond donors (Lipinski definition) is 2. The van der Waals surface area contributed by atoms with Gasteiger partial charge in [-0.15, -0.1) is 0 Å². The molecule has 130 valence electrons. The van der Waals surface area contributed by atoms with E-state index in [0.717, 1.165) is 44.3 Å². The number of carbonyl (C=O) groups excluding carboxylic acids is 2. The van der Waals surface area contributed by atoms with Gasteiger partial charge in [0.25, 0.3) is 5.91 Å². The number of likely N-dealkylation sites (tertiary alicyclic amines) is 1. The molecule has 1 aromatic rings. The summed E-state index contributed by atoms with van der Waals surface area (Å²) in [6.45, 7) is 2.25. The second-order valence-corrected chi connectivity index (χ2v) is 6.94. The molecule has 2 aliphatic rings. The summed E-state index contributed by atoms with van der Waals surface area (Å²) >= 11 is 0. The molecular formula is C18H24N2O4. The number of carbonyl (C=O) groups is 2. The molecule has 1 aromatic carbocycles. The van der Waals surface area contributed by atoms with Crippen LogP contribution in [0.3, 0.4) is 0 Å². The van der Waals surface area contributed by atoms with E-state index in [1.165, 1.54) is 5.56 Å². The molecule has 0 aromatic heterocycles. The van der Waals surface area contributed by atoms with E-state index in [1.807, 2.05) is 17.0 Å². The average Bonchev–Trinajstić information content (AvgIpc) is 2.89. The van der Waals surface area contributed by atoms with Gasteiger partial charge in [0.1, 0.15) is 0 Å². The number of fused-ring (bicyclic) bond motifs is 1. The molecule has 24 heavy (non-hydrogen) atoms. The minimum Gasteiger partial charge on any atom is -0.385 e. The molecule has 1 heterocycles. The summed E-state index contributed by atoms with van der Waals surface area (Å²) in [5.74, 6) is -0.246. The highest BCUT2D eigenvalue weighted by molar-refractivity contribution is 5.93. The lowest BCUT2D eigenvalue weighted by molar-refractivity contribution is -0.127.